The van der Waals surface area contributed by atoms with Gasteiger partial charge in [0.25, 0.3) is 0 Å². The second-order valence-electron chi connectivity index (χ2n) is 5.18. The third kappa shape index (κ3) is 4.74. The first-order valence-corrected chi connectivity index (χ1v) is 9.39. The number of amides is 1. The van der Waals surface area contributed by atoms with Crippen LogP contribution in [-0.4, -0.2) is 34.3 Å². The van der Waals surface area contributed by atoms with Crippen molar-refractivity contribution in [2.24, 2.45) is 12.2 Å². The minimum Gasteiger partial charge on any atom is -0.325 e. The Morgan fingerprint density at radius 2 is 1.85 bits per heavy atom. The van der Waals surface area contributed by atoms with Crippen LogP contribution in [0.25, 0.3) is 0 Å². The number of anilines is 1. The van der Waals surface area contributed by atoms with Crippen LogP contribution in [0.3, 0.4) is 0 Å². The zero-order valence-electron chi connectivity index (χ0n) is 13.5. The summed E-state index contributed by atoms with van der Waals surface area (Å²) in [7, 11) is -2.69. The molecule has 1 aromatic heterocycles. The Balaban J connectivity index is 2.05. The highest BCUT2D eigenvalue weighted by atomic mass is 32.2. The molecular formula is C13H14F3N5O3S2. The normalized spacial score (nSPS) is 13.5. The SMILES string of the molecule is C[C@H](Sc1nnc(C(F)(F)F)n1C)C(=O)Nc1ccc(S(N)(=O)=O)cc1. The predicted molar refractivity (Wildman–Crippen MR) is 87.8 cm³/mol. The number of halogens is 3. The maximum absolute atomic E-state index is 12.7. The summed E-state index contributed by atoms with van der Waals surface area (Å²) >= 11 is 0.803. The summed E-state index contributed by atoms with van der Waals surface area (Å²) in [6.07, 6.45) is -4.64. The molecule has 13 heteroatoms. The lowest BCUT2D eigenvalue weighted by Crippen LogP contribution is -2.23. The predicted octanol–water partition coefficient (Wildman–Crippen LogP) is 1.60. The van der Waals surface area contributed by atoms with Gasteiger partial charge in [-0.1, -0.05) is 11.8 Å². The molecule has 0 aliphatic carbocycles. The van der Waals surface area contributed by atoms with Crippen LogP contribution in [0.15, 0.2) is 34.3 Å². The number of alkyl halides is 3. The van der Waals surface area contributed by atoms with Crippen LogP contribution in [0, 0.1) is 0 Å². The second-order valence-corrected chi connectivity index (χ2v) is 8.05. The molecule has 0 radical (unpaired) electrons. The van der Waals surface area contributed by atoms with Crippen molar-refractivity contribution in [3.8, 4) is 0 Å². The van der Waals surface area contributed by atoms with Crippen molar-refractivity contribution in [3.63, 3.8) is 0 Å². The summed E-state index contributed by atoms with van der Waals surface area (Å²) in [6.45, 7) is 1.49. The maximum atomic E-state index is 12.7. The standard InChI is InChI=1S/C13H14F3N5O3S2/c1-7(25-12-20-19-11(21(12)2)13(14,15)16)10(22)18-8-3-5-9(6-4-8)26(17,23)24/h3-7H,1-2H3,(H,18,22)(H2,17,23,24)/t7-/m0/s1. The molecule has 1 amide bonds. The number of thioether (sulfide) groups is 1. The molecule has 0 fully saturated rings. The number of aromatic nitrogens is 3. The number of hydrogen-bond acceptors (Lipinski definition) is 6. The van der Waals surface area contributed by atoms with E-state index in [1.807, 2.05) is 0 Å². The molecule has 0 aliphatic rings. The number of hydrogen-bond donors (Lipinski definition) is 2. The van der Waals surface area contributed by atoms with Gasteiger partial charge in [-0.25, -0.2) is 13.6 Å². The summed E-state index contributed by atoms with van der Waals surface area (Å²) in [5, 5.41) is 13.2. The molecule has 2 rings (SSSR count). The number of carbonyl (C=O) groups is 1. The quantitative estimate of drug-likeness (QED) is 0.724. The van der Waals surface area contributed by atoms with E-state index in [2.05, 4.69) is 15.5 Å². The average Bonchev–Trinajstić information content (AvgIpc) is 2.88. The molecule has 0 saturated carbocycles. The van der Waals surface area contributed by atoms with Gasteiger partial charge in [-0.05, 0) is 31.2 Å². The smallest absolute Gasteiger partial charge is 0.325 e. The summed E-state index contributed by atoms with van der Waals surface area (Å²) in [5.41, 5.74) is 0.309. The molecule has 142 valence electrons. The number of rotatable bonds is 5. The van der Waals surface area contributed by atoms with Gasteiger partial charge >= 0.3 is 6.18 Å². The molecule has 0 aliphatic heterocycles. The Labute approximate surface area is 151 Å². The van der Waals surface area contributed by atoms with Gasteiger partial charge in [0.1, 0.15) is 0 Å². The van der Waals surface area contributed by atoms with E-state index >= 15 is 0 Å². The number of sulfonamides is 1. The number of primary sulfonamides is 1. The average molecular weight is 409 g/mol. The van der Waals surface area contributed by atoms with Crippen LogP contribution in [0.4, 0.5) is 18.9 Å². The molecule has 3 N–H and O–H groups in total. The summed E-state index contributed by atoms with van der Waals surface area (Å²) in [6, 6.07) is 5.14. The first-order chi connectivity index (χ1) is 11.9. The van der Waals surface area contributed by atoms with Crippen LogP contribution in [0.5, 0.6) is 0 Å². The number of carbonyl (C=O) groups excluding carboxylic acids is 1. The van der Waals surface area contributed by atoms with Crippen molar-refractivity contribution in [3.05, 3.63) is 30.1 Å². The van der Waals surface area contributed by atoms with Crippen molar-refractivity contribution in [2.75, 3.05) is 5.32 Å². The second kappa shape index (κ2) is 7.25. The monoisotopic (exact) mass is 409 g/mol. The lowest BCUT2D eigenvalue weighted by atomic mass is 10.3. The Bertz CT molecular complexity index is 910. The first-order valence-electron chi connectivity index (χ1n) is 6.96. The van der Waals surface area contributed by atoms with E-state index in [-0.39, 0.29) is 10.1 Å². The summed E-state index contributed by atoms with van der Waals surface area (Å²) < 4.78 is 61.2. The lowest BCUT2D eigenvalue weighted by molar-refractivity contribution is -0.147. The molecule has 1 atom stereocenters. The van der Waals surface area contributed by atoms with Gasteiger partial charge in [0, 0.05) is 12.7 Å². The highest BCUT2D eigenvalue weighted by molar-refractivity contribution is 8.00. The third-order valence-electron chi connectivity index (χ3n) is 3.19. The Kier molecular flexibility index (Phi) is 5.63. The van der Waals surface area contributed by atoms with Crippen molar-refractivity contribution in [1.29, 1.82) is 0 Å². The van der Waals surface area contributed by atoms with Gasteiger partial charge in [0.05, 0.1) is 10.1 Å². The summed E-state index contributed by atoms with van der Waals surface area (Å²) in [5.74, 6) is -1.67. The van der Waals surface area contributed by atoms with Gasteiger partial charge in [-0.2, -0.15) is 13.2 Å². The van der Waals surface area contributed by atoms with E-state index in [9.17, 15) is 26.4 Å². The van der Waals surface area contributed by atoms with E-state index in [0.717, 1.165) is 23.4 Å². The highest BCUT2D eigenvalue weighted by Gasteiger charge is 2.37. The van der Waals surface area contributed by atoms with Crippen LogP contribution >= 0.6 is 11.8 Å². The van der Waals surface area contributed by atoms with Gasteiger partial charge in [-0.3, -0.25) is 4.79 Å². The maximum Gasteiger partial charge on any atom is 0.451 e. The van der Waals surface area contributed by atoms with Gasteiger partial charge in [-0.15, -0.1) is 10.2 Å². The molecule has 0 saturated heterocycles. The van der Waals surface area contributed by atoms with Crippen LogP contribution < -0.4 is 10.5 Å². The van der Waals surface area contributed by atoms with E-state index in [0.29, 0.717) is 5.69 Å². The van der Waals surface area contributed by atoms with E-state index in [1.165, 1.54) is 31.2 Å². The third-order valence-corrected chi connectivity index (χ3v) is 5.25. The van der Waals surface area contributed by atoms with Crippen molar-refractivity contribution in [1.82, 2.24) is 14.8 Å². The molecule has 0 bridgehead atoms. The van der Waals surface area contributed by atoms with E-state index in [1.54, 1.807) is 0 Å². The zero-order chi connectivity index (χ0) is 19.7. The topological polar surface area (TPSA) is 120 Å². The van der Waals surface area contributed by atoms with Gasteiger partial charge in [0.2, 0.25) is 21.8 Å². The molecule has 8 nitrogen and oxygen atoms in total. The Hall–Kier alpha value is -2.12. The van der Waals surface area contributed by atoms with Gasteiger partial charge < -0.3 is 9.88 Å². The van der Waals surface area contributed by atoms with E-state index < -0.39 is 33.2 Å². The van der Waals surface area contributed by atoms with Crippen molar-refractivity contribution < 1.29 is 26.4 Å². The highest BCUT2D eigenvalue weighted by Crippen LogP contribution is 2.31. The van der Waals surface area contributed by atoms with Crippen LogP contribution in [0.1, 0.15) is 12.7 Å². The fraction of sp³-hybridized carbons (Fsp3) is 0.308. The van der Waals surface area contributed by atoms with Crippen LogP contribution in [-0.2, 0) is 28.0 Å². The van der Waals surface area contributed by atoms with Crippen LogP contribution in [0.2, 0.25) is 0 Å². The minimum atomic E-state index is -4.64. The molecule has 1 aromatic carbocycles. The lowest BCUT2D eigenvalue weighted by Gasteiger charge is -2.12. The first kappa shape index (κ1) is 20.2. The summed E-state index contributed by atoms with van der Waals surface area (Å²) in [4.78, 5) is 12.0. The minimum absolute atomic E-state index is 0.0652. The van der Waals surface area contributed by atoms with Crippen molar-refractivity contribution >= 4 is 33.4 Å². The number of benzene rings is 1. The molecule has 26 heavy (non-hydrogen) atoms. The molecule has 1 heterocycles. The Morgan fingerprint density at radius 1 is 1.27 bits per heavy atom. The molecular weight excluding hydrogens is 395 g/mol. The largest absolute Gasteiger partial charge is 0.451 e. The molecule has 0 spiro atoms. The molecule has 0 unspecified atom stereocenters. The van der Waals surface area contributed by atoms with E-state index in [4.69, 9.17) is 5.14 Å². The number of nitrogens with zero attached hydrogens (tertiary/aromatic N) is 3. The number of nitrogens with two attached hydrogens (primary N) is 1. The zero-order valence-corrected chi connectivity index (χ0v) is 15.1. The fourth-order valence-corrected chi connectivity index (χ4v) is 3.18. The fourth-order valence-electron chi connectivity index (χ4n) is 1.85. The number of nitrogens with one attached hydrogen (secondary N) is 1. The molecule has 2 aromatic rings. The van der Waals surface area contributed by atoms with Gasteiger partial charge in [0.15, 0.2) is 5.16 Å². The van der Waals surface area contributed by atoms with Crippen molar-refractivity contribution in [2.45, 2.75) is 28.4 Å². The Morgan fingerprint density at radius 3 is 2.31 bits per heavy atom.